The molecule has 1 saturated heterocycles. The summed E-state index contributed by atoms with van der Waals surface area (Å²) in [6, 6.07) is 11.1. The number of pyridine rings is 1. The topological polar surface area (TPSA) is 62.3 Å². The molecule has 120 valence electrons. The molecule has 2 aromatic heterocycles. The van der Waals surface area contributed by atoms with Gasteiger partial charge in [-0.15, -0.1) is 11.3 Å². The summed E-state index contributed by atoms with van der Waals surface area (Å²) in [7, 11) is 0. The third kappa shape index (κ3) is 2.81. The van der Waals surface area contributed by atoms with Gasteiger partial charge in [0.2, 0.25) is 5.91 Å². The van der Waals surface area contributed by atoms with Gasteiger partial charge in [0.05, 0.1) is 4.88 Å². The summed E-state index contributed by atoms with van der Waals surface area (Å²) in [5.41, 5.74) is 1.48. The number of hydrogen-bond donors (Lipinski definition) is 1. The number of fused-ring (bicyclic) bond motifs is 1. The van der Waals surface area contributed by atoms with E-state index in [9.17, 15) is 9.59 Å². The number of rotatable bonds is 3. The second-order valence-electron chi connectivity index (χ2n) is 5.46. The highest BCUT2D eigenvalue weighted by Crippen LogP contribution is 2.28. The smallest absolute Gasteiger partial charge is 0.265 e. The van der Waals surface area contributed by atoms with Crippen molar-refractivity contribution in [2.75, 3.05) is 16.8 Å². The van der Waals surface area contributed by atoms with Gasteiger partial charge in [0.1, 0.15) is 4.83 Å². The Kier molecular flexibility index (Phi) is 3.82. The quantitative estimate of drug-likeness (QED) is 0.673. The Hall–Kier alpha value is -2.25. The third-order valence-corrected chi connectivity index (χ3v) is 5.32. The average Bonchev–Trinajstić information content (AvgIpc) is 2.97. The standard InChI is InChI=1S/C17H12BrN3O2S/c18-11-6-10-7-14(24-17(10)19-9-11)16(23)20-12-2-1-3-13(8-12)21-5-4-15(21)22/h1-3,6-9H,4-5H2,(H,20,23). The minimum Gasteiger partial charge on any atom is -0.321 e. The number of anilines is 2. The van der Waals surface area contributed by atoms with Gasteiger partial charge < -0.3 is 10.2 Å². The molecular formula is C17H12BrN3O2S. The second-order valence-corrected chi connectivity index (χ2v) is 7.40. The summed E-state index contributed by atoms with van der Waals surface area (Å²) in [4.78, 5) is 31.4. The first-order chi connectivity index (χ1) is 11.6. The van der Waals surface area contributed by atoms with Gasteiger partial charge in [-0.25, -0.2) is 4.98 Å². The fourth-order valence-corrected chi connectivity index (χ4v) is 3.78. The van der Waals surface area contributed by atoms with Crippen LogP contribution in [0.15, 0.2) is 47.1 Å². The van der Waals surface area contributed by atoms with Crippen LogP contribution >= 0.6 is 27.3 Å². The molecule has 0 aliphatic carbocycles. The van der Waals surface area contributed by atoms with Gasteiger partial charge in [-0.05, 0) is 46.3 Å². The van der Waals surface area contributed by atoms with E-state index >= 15 is 0 Å². The Morgan fingerprint density at radius 1 is 1.29 bits per heavy atom. The summed E-state index contributed by atoms with van der Waals surface area (Å²) >= 11 is 4.73. The van der Waals surface area contributed by atoms with Gasteiger partial charge in [-0.2, -0.15) is 0 Å². The first kappa shape index (κ1) is 15.3. The zero-order valence-electron chi connectivity index (χ0n) is 12.5. The van der Waals surface area contributed by atoms with E-state index in [0.29, 0.717) is 17.0 Å². The van der Waals surface area contributed by atoms with Crippen molar-refractivity contribution in [2.24, 2.45) is 0 Å². The van der Waals surface area contributed by atoms with Crippen LogP contribution in [0.5, 0.6) is 0 Å². The molecule has 1 fully saturated rings. The highest BCUT2D eigenvalue weighted by atomic mass is 79.9. The van der Waals surface area contributed by atoms with Crippen LogP contribution in [0.2, 0.25) is 0 Å². The van der Waals surface area contributed by atoms with E-state index in [1.165, 1.54) is 11.3 Å². The maximum absolute atomic E-state index is 12.5. The Bertz CT molecular complexity index is 969. The van der Waals surface area contributed by atoms with Gasteiger partial charge in [0.15, 0.2) is 0 Å². The van der Waals surface area contributed by atoms with Crippen molar-refractivity contribution in [1.82, 2.24) is 4.98 Å². The fraction of sp³-hybridized carbons (Fsp3) is 0.118. The molecule has 2 amide bonds. The third-order valence-electron chi connectivity index (χ3n) is 3.83. The van der Waals surface area contributed by atoms with Crippen molar-refractivity contribution in [3.63, 3.8) is 0 Å². The summed E-state index contributed by atoms with van der Waals surface area (Å²) in [6.45, 7) is 0.729. The number of β-lactam (4-membered cyclic amide) rings is 1. The number of thiophene rings is 1. The van der Waals surface area contributed by atoms with Crippen molar-refractivity contribution < 1.29 is 9.59 Å². The molecule has 0 unspecified atom stereocenters. The number of aromatic nitrogens is 1. The SMILES string of the molecule is O=C(Nc1cccc(N2CCC2=O)c1)c1cc2cc(Br)cnc2s1. The van der Waals surface area contributed by atoms with Crippen LogP contribution in [0.1, 0.15) is 16.1 Å². The normalized spacial score (nSPS) is 13.9. The molecule has 0 saturated carbocycles. The van der Waals surface area contributed by atoms with Gasteiger partial charge in [-0.3, -0.25) is 9.59 Å². The van der Waals surface area contributed by atoms with Gasteiger partial charge in [-0.1, -0.05) is 6.07 Å². The van der Waals surface area contributed by atoms with Crippen molar-refractivity contribution in [3.05, 3.63) is 51.9 Å². The molecule has 0 radical (unpaired) electrons. The lowest BCUT2D eigenvalue weighted by molar-refractivity contribution is -0.122. The maximum atomic E-state index is 12.5. The minimum absolute atomic E-state index is 0.111. The Labute approximate surface area is 150 Å². The molecular weight excluding hydrogens is 390 g/mol. The van der Waals surface area contributed by atoms with E-state index in [4.69, 9.17) is 0 Å². The van der Waals surface area contributed by atoms with Crippen molar-refractivity contribution in [2.45, 2.75) is 6.42 Å². The molecule has 3 aromatic rings. The van der Waals surface area contributed by atoms with E-state index in [-0.39, 0.29) is 11.8 Å². The summed E-state index contributed by atoms with van der Waals surface area (Å²) in [5, 5.41) is 3.82. The molecule has 0 bridgehead atoms. The molecule has 1 N–H and O–H groups in total. The van der Waals surface area contributed by atoms with E-state index in [0.717, 1.165) is 26.9 Å². The number of halogens is 1. The number of benzene rings is 1. The number of carbonyl (C=O) groups is 2. The van der Waals surface area contributed by atoms with Crippen LogP contribution < -0.4 is 10.2 Å². The number of hydrogen-bond acceptors (Lipinski definition) is 4. The molecule has 0 spiro atoms. The largest absolute Gasteiger partial charge is 0.321 e. The van der Waals surface area contributed by atoms with Crippen LogP contribution in [0.4, 0.5) is 11.4 Å². The predicted molar refractivity (Wildman–Crippen MR) is 98.7 cm³/mol. The Morgan fingerprint density at radius 3 is 2.92 bits per heavy atom. The minimum atomic E-state index is -0.179. The number of nitrogens with one attached hydrogen (secondary N) is 1. The summed E-state index contributed by atoms with van der Waals surface area (Å²) in [5.74, 6) is -0.0687. The van der Waals surface area contributed by atoms with Crippen molar-refractivity contribution in [1.29, 1.82) is 0 Å². The lowest BCUT2D eigenvalue weighted by Crippen LogP contribution is -2.43. The molecule has 4 rings (SSSR count). The van der Waals surface area contributed by atoms with E-state index < -0.39 is 0 Å². The number of amides is 2. The maximum Gasteiger partial charge on any atom is 0.265 e. The molecule has 7 heteroatoms. The second kappa shape index (κ2) is 5.99. The Morgan fingerprint density at radius 2 is 2.17 bits per heavy atom. The first-order valence-electron chi connectivity index (χ1n) is 7.37. The lowest BCUT2D eigenvalue weighted by Gasteiger charge is -2.30. The molecule has 24 heavy (non-hydrogen) atoms. The number of nitrogens with zero attached hydrogens (tertiary/aromatic N) is 2. The predicted octanol–water partition coefficient (Wildman–Crippen LogP) is 4.05. The van der Waals surface area contributed by atoms with Crippen LogP contribution in [-0.4, -0.2) is 23.3 Å². The highest BCUT2D eigenvalue weighted by molar-refractivity contribution is 9.10. The van der Waals surface area contributed by atoms with E-state index in [2.05, 4.69) is 26.2 Å². The monoisotopic (exact) mass is 401 g/mol. The zero-order chi connectivity index (χ0) is 16.7. The molecule has 3 heterocycles. The molecule has 0 atom stereocenters. The first-order valence-corrected chi connectivity index (χ1v) is 8.98. The van der Waals surface area contributed by atoms with Gasteiger partial charge >= 0.3 is 0 Å². The Balaban J connectivity index is 1.56. The highest BCUT2D eigenvalue weighted by Gasteiger charge is 2.25. The van der Waals surface area contributed by atoms with Crippen LogP contribution in [0, 0.1) is 0 Å². The lowest BCUT2D eigenvalue weighted by atomic mass is 10.1. The van der Waals surface area contributed by atoms with Crippen molar-refractivity contribution >= 4 is 60.7 Å². The molecule has 1 aliphatic rings. The fourth-order valence-electron chi connectivity index (χ4n) is 2.55. The van der Waals surface area contributed by atoms with Gasteiger partial charge in [0.25, 0.3) is 5.91 Å². The molecule has 1 aliphatic heterocycles. The molecule has 5 nitrogen and oxygen atoms in total. The van der Waals surface area contributed by atoms with Gasteiger partial charge in [0, 0.05) is 40.4 Å². The van der Waals surface area contributed by atoms with E-state index in [1.807, 2.05) is 36.4 Å². The van der Waals surface area contributed by atoms with Crippen LogP contribution in [-0.2, 0) is 4.79 Å². The van der Waals surface area contributed by atoms with Crippen LogP contribution in [0.3, 0.4) is 0 Å². The average molecular weight is 402 g/mol. The van der Waals surface area contributed by atoms with Crippen molar-refractivity contribution in [3.8, 4) is 0 Å². The molecule has 1 aromatic carbocycles. The summed E-state index contributed by atoms with van der Waals surface area (Å²) < 4.78 is 0.881. The zero-order valence-corrected chi connectivity index (χ0v) is 14.9. The number of carbonyl (C=O) groups excluding carboxylic acids is 2. The summed E-state index contributed by atoms with van der Waals surface area (Å²) in [6.07, 6.45) is 2.30. The van der Waals surface area contributed by atoms with Crippen LogP contribution in [0.25, 0.3) is 10.2 Å². The van der Waals surface area contributed by atoms with E-state index in [1.54, 1.807) is 11.1 Å².